The highest BCUT2D eigenvalue weighted by Crippen LogP contribution is 2.37. The van der Waals surface area contributed by atoms with E-state index in [9.17, 15) is 4.79 Å². The Morgan fingerprint density at radius 2 is 1.64 bits per heavy atom. The van der Waals surface area contributed by atoms with Gasteiger partial charge in [0.25, 0.3) is 0 Å². The monoisotopic (exact) mass is 548 g/mol. The van der Waals surface area contributed by atoms with E-state index in [1.807, 2.05) is 32.5 Å². The molecule has 0 saturated heterocycles. The van der Waals surface area contributed by atoms with Gasteiger partial charge in [-0.15, -0.1) is 0 Å². The first-order valence-electron chi connectivity index (χ1n) is 14.2. The number of carbonyl (C=O) groups excluding carboxylic acids is 1. The van der Waals surface area contributed by atoms with Crippen LogP contribution in [0.1, 0.15) is 57.7 Å². The van der Waals surface area contributed by atoms with E-state index in [0.717, 1.165) is 50.1 Å². The number of carbonyl (C=O) groups is 1. The topological polar surface area (TPSA) is 53.4 Å². The lowest BCUT2D eigenvalue weighted by molar-refractivity contribution is -0.160. The maximum absolute atomic E-state index is 12.0. The molecule has 39 heavy (non-hydrogen) atoms. The largest absolute Gasteiger partial charge is 0.458 e. The molecular formula is C33H44N2O3S. The van der Waals surface area contributed by atoms with Gasteiger partial charge < -0.3 is 9.47 Å². The molecule has 0 radical (unpaired) electrons. The van der Waals surface area contributed by atoms with Gasteiger partial charge in [-0.05, 0) is 89.2 Å². The zero-order valence-electron chi connectivity index (χ0n) is 24.2. The summed E-state index contributed by atoms with van der Waals surface area (Å²) in [6.07, 6.45) is 7.73. The van der Waals surface area contributed by atoms with Crippen molar-refractivity contribution in [3.63, 3.8) is 0 Å². The minimum absolute atomic E-state index is 0.0351. The molecule has 0 unspecified atom stereocenters. The van der Waals surface area contributed by atoms with Crippen molar-refractivity contribution in [2.45, 2.75) is 71.9 Å². The molecule has 4 rings (SSSR count). The Labute approximate surface area is 238 Å². The summed E-state index contributed by atoms with van der Waals surface area (Å²) in [4.78, 5) is 12.0. The van der Waals surface area contributed by atoms with Crippen molar-refractivity contribution in [3.8, 4) is 22.4 Å². The van der Waals surface area contributed by atoms with Gasteiger partial charge in [-0.3, -0.25) is 4.68 Å². The number of ether oxygens (including phenoxy) is 2. The molecule has 210 valence electrons. The number of aryl methyl sites for hydroxylation is 1. The smallest absolute Gasteiger partial charge is 0.332 e. The van der Waals surface area contributed by atoms with Crippen LogP contribution in [0.2, 0.25) is 0 Å². The number of nitrogens with zero attached hydrogens (tertiary/aromatic N) is 2. The van der Waals surface area contributed by atoms with E-state index < -0.39 is 5.60 Å². The SMILES string of the molecule is CSCCc1c(-c2ccccc2)c(-c2ccc(C)cc2)nn1C[C@H]1CC[C@H](COCC(=O)OC(C)(C)C)CC1. The molecule has 3 aromatic rings. The second-order valence-electron chi connectivity index (χ2n) is 11.8. The van der Waals surface area contributed by atoms with Gasteiger partial charge in [-0.1, -0.05) is 60.2 Å². The normalized spacial score (nSPS) is 17.8. The van der Waals surface area contributed by atoms with Crippen molar-refractivity contribution in [2.24, 2.45) is 11.8 Å². The Morgan fingerprint density at radius 1 is 0.974 bits per heavy atom. The Balaban J connectivity index is 1.47. The maximum Gasteiger partial charge on any atom is 0.332 e. The van der Waals surface area contributed by atoms with Crippen LogP contribution in [0.4, 0.5) is 0 Å². The first-order chi connectivity index (χ1) is 18.7. The highest BCUT2D eigenvalue weighted by molar-refractivity contribution is 7.98. The van der Waals surface area contributed by atoms with Crippen LogP contribution in [-0.2, 0) is 27.2 Å². The van der Waals surface area contributed by atoms with Gasteiger partial charge in [0.05, 0.1) is 6.61 Å². The quantitative estimate of drug-likeness (QED) is 0.231. The van der Waals surface area contributed by atoms with Crippen molar-refractivity contribution < 1.29 is 14.3 Å². The third-order valence-electron chi connectivity index (χ3n) is 7.38. The van der Waals surface area contributed by atoms with Gasteiger partial charge in [0.2, 0.25) is 0 Å². The van der Waals surface area contributed by atoms with Gasteiger partial charge in [-0.2, -0.15) is 16.9 Å². The first-order valence-corrected chi connectivity index (χ1v) is 15.6. The lowest BCUT2D eigenvalue weighted by atomic mass is 9.82. The molecule has 1 heterocycles. The highest BCUT2D eigenvalue weighted by Gasteiger charge is 2.26. The third-order valence-corrected chi connectivity index (χ3v) is 7.99. The van der Waals surface area contributed by atoms with Gasteiger partial charge in [0.1, 0.15) is 17.9 Å². The highest BCUT2D eigenvalue weighted by atomic mass is 32.2. The molecule has 1 fully saturated rings. The second-order valence-corrected chi connectivity index (χ2v) is 12.8. The Kier molecular flexibility index (Phi) is 10.3. The predicted molar refractivity (Wildman–Crippen MR) is 162 cm³/mol. The summed E-state index contributed by atoms with van der Waals surface area (Å²) in [5.74, 6) is 1.88. The molecule has 0 aliphatic heterocycles. The molecule has 6 heteroatoms. The van der Waals surface area contributed by atoms with E-state index in [4.69, 9.17) is 14.6 Å². The summed E-state index contributed by atoms with van der Waals surface area (Å²) >= 11 is 1.89. The number of thioether (sulfide) groups is 1. The average molecular weight is 549 g/mol. The molecule has 2 aromatic carbocycles. The van der Waals surface area contributed by atoms with Crippen molar-refractivity contribution in [2.75, 3.05) is 25.2 Å². The lowest BCUT2D eigenvalue weighted by Crippen LogP contribution is -2.28. The number of hydrogen-bond donors (Lipinski definition) is 0. The number of esters is 1. The molecular weight excluding hydrogens is 504 g/mol. The average Bonchev–Trinajstić information content (AvgIpc) is 3.26. The second kappa shape index (κ2) is 13.7. The fraction of sp³-hybridized carbons (Fsp3) is 0.515. The standard InChI is InChI=1S/C33H44N2O3S/c1-24-11-17-28(18-12-24)32-31(27-9-7-6-8-10-27)29(19-20-39-5)35(34-32)21-25-13-15-26(16-14-25)22-37-23-30(36)38-33(2,3)4/h6-12,17-18,25-26H,13-16,19-23H2,1-5H3/t25-,26-. The van der Waals surface area contributed by atoms with E-state index >= 15 is 0 Å². The van der Waals surface area contributed by atoms with Gasteiger partial charge in [0, 0.05) is 23.4 Å². The molecule has 0 bridgehead atoms. The summed E-state index contributed by atoms with van der Waals surface area (Å²) in [5.41, 5.74) is 6.90. The lowest BCUT2D eigenvalue weighted by Gasteiger charge is -2.29. The zero-order chi connectivity index (χ0) is 27.8. The van der Waals surface area contributed by atoms with E-state index in [1.54, 1.807) is 0 Å². The molecule has 5 nitrogen and oxygen atoms in total. The molecule has 1 aromatic heterocycles. The van der Waals surface area contributed by atoms with Crippen LogP contribution < -0.4 is 0 Å². The number of benzene rings is 2. The minimum atomic E-state index is -0.473. The van der Waals surface area contributed by atoms with Crippen molar-refractivity contribution >= 4 is 17.7 Å². The number of aromatic nitrogens is 2. The number of rotatable bonds is 11. The van der Waals surface area contributed by atoms with Crippen LogP contribution in [0.5, 0.6) is 0 Å². The van der Waals surface area contributed by atoms with E-state index in [1.165, 1.54) is 27.9 Å². The van der Waals surface area contributed by atoms with Crippen molar-refractivity contribution in [3.05, 3.63) is 65.9 Å². The van der Waals surface area contributed by atoms with E-state index in [0.29, 0.717) is 18.4 Å². The van der Waals surface area contributed by atoms with Crippen LogP contribution in [0.15, 0.2) is 54.6 Å². The number of hydrogen-bond acceptors (Lipinski definition) is 5. The molecule has 0 amide bonds. The summed E-state index contributed by atoms with van der Waals surface area (Å²) in [7, 11) is 0. The minimum Gasteiger partial charge on any atom is -0.458 e. The van der Waals surface area contributed by atoms with Crippen LogP contribution >= 0.6 is 11.8 Å². The Bertz CT molecular complexity index is 1190. The van der Waals surface area contributed by atoms with Gasteiger partial charge in [0.15, 0.2) is 0 Å². The summed E-state index contributed by atoms with van der Waals surface area (Å²) in [6, 6.07) is 19.5. The van der Waals surface area contributed by atoms with Gasteiger partial charge in [-0.25, -0.2) is 4.79 Å². The molecule has 0 spiro atoms. The Hall–Kier alpha value is -2.57. The summed E-state index contributed by atoms with van der Waals surface area (Å²) in [5, 5.41) is 5.28. The van der Waals surface area contributed by atoms with E-state index in [2.05, 4.69) is 72.5 Å². The fourth-order valence-electron chi connectivity index (χ4n) is 5.43. The summed E-state index contributed by atoms with van der Waals surface area (Å²) in [6.45, 7) is 9.38. The zero-order valence-corrected chi connectivity index (χ0v) is 25.1. The van der Waals surface area contributed by atoms with Crippen LogP contribution in [-0.4, -0.2) is 46.6 Å². The predicted octanol–water partition coefficient (Wildman–Crippen LogP) is 7.60. The molecule has 1 aliphatic carbocycles. The third kappa shape index (κ3) is 8.46. The first kappa shape index (κ1) is 29.4. The fourth-order valence-corrected chi connectivity index (χ4v) is 5.82. The van der Waals surface area contributed by atoms with Crippen molar-refractivity contribution in [1.82, 2.24) is 9.78 Å². The van der Waals surface area contributed by atoms with E-state index in [-0.39, 0.29) is 12.6 Å². The summed E-state index contributed by atoms with van der Waals surface area (Å²) < 4.78 is 13.4. The van der Waals surface area contributed by atoms with Crippen LogP contribution in [0, 0.1) is 18.8 Å². The maximum atomic E-state index is 12.0. The van der Waals surface area contributed by atoms with Crippen molar-refractivity contribution in [1.29, 1.82) is 0 Å². The molecule has 0 atom stereocenters. The van der Waals surface area contributed by atoms with Crippen LogP contribution in [0.3, 0.4) is 0 Å². The van der Waals surface area contributed by atoms with Crippen LogP contribution in [0.25, 0.3) is 22.4 Å². The Morgan fingerprint density at radius 3 is 2.28 bits per heavy atom. The molecule has 1 aliphatic rings. The van der Waals surface area contributed by atoms with Gasteiger partial charge >= 0.3 is 5.97 Å². The molecule has 0 N–H and O–H groups in total. The molecule has 1 saturated carbocycles.